The van der Waals surface area contributed by atoms with Crippen LogP contribution in [0.15, 0.2) is 71.8 Å². The van der Waals surface area contributed by atoms with Crippen molar-refractivity contribution in [1.29, 1.82) is 0 Å². The lowest BCUT2D eigenvalue weighted by Gasteiger charge is -2.25. The van der Waals surface area contributed by atoms with Crippen molar-refractivity contribution in [2.24, 2.45) is 5.10 Å². The molecule has 0 spiro atoms. The van der Waals surface area contributed by atoms with Crippen molar-refractivity contribution in [3.05, 3.63) is 87.9 Å². The molecule has 5 rings (SSSR count). The van der Waals surface area contributed by atoms with E-state index in [1.165, 1.54) is 11.0 Å². The summed E-state index contributed by atoms with van der Waals surface area (Å²) in [5, 5.41) is 9.49. The van der Waals surface area contributed by atoms with Gasteiger partial charge in [0.05, 0.1) is 22.4 Å². The summed E-state index contributed by atoms with van der Waals surface area (Å²) in [4.78, 5) is 13.2. The molecule has 160 valence electrons. The standard InChI is InChI=1S/C24H21BCl2N4O/c25-17-7-5-16(6-8-17)23-14-20(28-31(23)22-10-9-18(26)13-19(22)27)24(32)29-30-12-11-15-3-1-2-4-21(15)30/h1-10,13,23H,11-12,14,25H2,(H,29,32)/t23-/m0/s1. The number of anilines is 2. The molecule has 1 atom stereocenters. The third kappa shape index (κ3) is 3.96. The van der Waals surface area contributed by atoms with Gasteiger partial charge in [-0.05, 0) is 41.8 Å². The summed E-state index contributed by atoms with van der Waals surface area (Å²) in [6.45, 7) is 0.743. The van der Waals surface area contributed by atoms with Gasteiger partial charge in [-0.25, -0.2) is 0 Å². The van der Waals surface area contributed by atoms with E-state index in [4.69, 9.17) is 28.3 Å². The molecule has 0 radical (unpaired) electrons. The summed E-state index contributed by atoms with van der Waals surface area (Å²) in [5.41, 5.74) is 8.73. The van der Waals surface area contributed by atoms with Gasteiger partial charge in [0, 0.05) is 18.0 Å². The highest BCUT2D eigenvalue weighted by Gasteiger charge is 2.34. The second-order valence-electron chi connectivity index (χ2n) is 8.09. The number of nitrogens with one attached hydrogen (secondary N) is 1. The van der Waals surface area contributed by atoms with E-state index >= 15 is 0 Å². The highest BCUT2D eigenvalue weighted by molar-refractivity contribution is 6.40. The first-order chi connectivity index (χ1) is 15.5. The Balaban J connectivity index is 1.44. The van der Waals surface area contributed by atoms with Gasteiger partial charge in [-0.1, -0.05) is 71.1 Å². The van der Waals surface area contributed by atoms with E-state index in [1.807, 2.05) is 34.3 Å². The summed E-state index contributed by atoms with van der Waals surface area (Å²) in [6, 6.07) is 21.6. The third-order valence-corrected chi connectivity index (χ3v) is 6.45. The number of para-hydroxylation sites is 1. The Morgan fingerprint density at radius 2 is 1.81 bits per heavy atom. The predicted octanol–water partition coefficient (Wildman–Crippen LogP) is 3.65. The van der Waals surface area contributed by atoms with E-state index in [0.29, 0.717) is 22.2 Å². The fourth-order valence-corrected chi connectivity index (χ4v) is 4.72. The normalized spacial score (nSPS) is 17.3. The van der Waals surface area contributed by atoms with Gasteiger partial charge in [0.25, 0.3) is 5.91 Å². The SMILES string of the molecule is Bc1ccc([C@@H]2CC(C(=O)NN3CCc4ccccc43)=NN2c2ccc(Cl)cc2Cl)cc1. The van der Waals surface area contributed by atoms with Crippen molar-refractivity contribution in [2.75, 3.05) is 16.6 Å². The highest BCUT2D eigenvalue weighted by Crippen LogP contribution is 2.39. The lowest BCUT2D eigenvalue weighted by molar-refractivity contribution is -0.115. The predicted molar refractivity (Wildman–Crippen MR) is 134 cm³/mol. The van der Waals surface area contributed by atoms with Crippen molar-refractivity contribution in [3.63, 3.8) is 0 Å². The zero-order valence-corrected chi connectivity index (χ0v) is 19.1. The molecule has 0 bridgehead atoms. The number of hydrazone groups is 1. The number of hydrogen-bond acceptors (Lipinski definition) is 4. The van der Waals surface area contributed by atoms with Crippen LogP contribution in [0.25, 0.3) is 0 Å². The lowest BCUT2D eigenvalue weighted by atomic mass is 9.92. The topological polar surface area (TPSA) is 47.9 Å². The molecular weight excluding hydrogens is 442 g/mol. The van der Waals surface area contributed by atoms with Crippen molar-refractivity contribution >= 4 is 59.5 Å². The van der Waals surface area contributed by atoms with Crippen LogP contribution in [0.1, 0.15) is 23.6 Å². The molecule has 5 nitrogen and oxygen atoms in total. The first-order valence-corrected chi connectivity index (χ1v) is 11.3. The van der Waals surface area contributed by atoms with Crippen LogP contribution in [-0.4, -0.2) is 26.0 Å². The number of hydrazine groups is 1. The van der Waals surface area contributed by atoms with Crippen LogP contribution in [0.4, 0.5) is 11.4 Å². The van der Waals surface area contributed by atoms with Gasteiger partial charge in [-0.2, -0.15) is 5.10 Å². The van der Waals surface area contributed by atoms with Crippen LogP contribution < -0.4 is 20.9 Å². The second-order valence-corrected chi connectivity index (χ2v) is 8.93. The molecule has 0 fully saturated rings. The summed E-state index contributed by atoms with van der Waals surface area (Å²) in [7, 11) is 2.05. The Morgan fingerprint density at radius 3 is 2.59 bits per heavy atom. The number of carbonyl (C=O) groups excluding carboxylic acids is 1. The monoisotopic (exact) mass is 462 g/mol. The van der Waals surface area contributed by atoms with Gasteiger partial charge in [0.2, 0.25) is 0 Å². The fraction of sp³-hybridized carbons (Fsp3) is 0.167. The highest BCUT2D eigenvalue weighted by atomic mass is 35.5. The maximum atomic E-state index is 13.2. The van der Waals surface area contributed by atoms with Crippen molar-refractivity contribution < 1.29 is 4.79 Å². The number of nitrogens with zero attached hydrogens (tertiary/aromatic N) is 3. The molecule has 2 heterocycles. The maximum Gasteiger partial charge on any atom is 0.286 e. The zero-order chi connectivity index (χ0) is 22.2. The Bertz CT molecular complexity index is 1210. The molecule has 3 aromatic rings. The van der Waals surface area contributed by atoms with E-state index in [0.717, 1.165) is 29.9 Å². The lowest BCUT2D eigenvalue weighted by Crippen LogP contribution is -2.44. The molecule has 32 heavy (non-hydrogen) atoms. The van der Waals surface area contributed by atoms with Gasteiger partial charge in [0.1, 0.15) is 13.6 Å². The molecule has 2 aliphatic heterocycles. The Labute approximate surface area is 198 Å². The molecule has 1 N–H and O–H groups in total. The second kappa shape index (κ2) is 8.53. The van der Waals surface area contributed by atoms with Crippen LogP contribution in [0.2, 0.25) is 10.0 Å². The third-order valence-electron chi connectivity index (χ3n) is 5.91. The van der Waals surface area contributed by atoms with Crippen LogP contribution >= 0.6 is 23.2 Å². The fourth-order valence-electron chi connectivity index (χ4n) is 4.23. The van der Waals surface area contributed by atoms with Gasteiger partial charge in [-0.3, -0.25) is 20.2 Å². The first-order valence-electron chi connectivity index (χ1n) is 10.5. The number of rotatable bonds is 4. The zero-order valence-electron chi connectivity index (χ0n) is 17.6. The molecule has 0 saturated heterocycles. The van der Waals surface area contributed by atoms with E-state index in [2.05, 4.69) is 43.6 Å². The number of amides is 1. The van der Waals surface area contributed by atoms with Gasteiger partial charge < -0.3 is 0 Å². The van der Waals surface area contributed by atoms with Crippen LogP contribution in [0.3, 0.4) is 0 Å². The molecule has 0 aliphatic carbocycles. The van der Waals surface area contributed by atoms with E-state index < -0.39 is 0 Å². The Morgan fingerprint density at radius 1 is 1.03 bits per heavy atom. The number of fused-ring (bicyclic) bond motifs is 1. The molecule has 1 amide bonds. The minimum Gasteiger partial charge on any atom is -0.285 e. The minimum absolute atomic E-state index is 0.138. The largest absolute Gasteiger partial charge is 0.286 e. The molecule has 2 aliphatic rings. The minimum atomic E-state index is -0.202. The molecule has 8 heteroatoms. The van der Waals surface area contributed by atoms with Crippen LogP contribution in [0, 0.1) is 0 Å². The van der Waals surface area contributed by atoms with Gasteiger partial charge in [-0.15, -0.1) is 0 Å². The molecule has 0 unspecified atom stereocenters. The molecule has 3 aromatic carbocycles. The summed E-state index contributed by atoms with van der Waals surface area (Å²) in [5.74, 6) is -0.202. The average Bonchev–Trinajstić information content (AvgIpc) is 3.39. The maximum absolute atomic E-state index is 13.2. The van der Waals surface area contributed by atoms with Crippen molar-refractivity contribution in [1.82, 2.24) is 5.43 Å². The van der Waals surface area contributed by atoms with Crippen molar-refractivity contribution in [2.45, 2.75) is 18.9 Å². The van der Waals surface area contributed by atoms with E-state index in [-0.39, 0.29) is 11.9 Å². The van der Waals surface area contributed by atoms with Gasteiger partial charge in [0.15, 0.2) is 0 Å². The quantitative estimate of drug-likeness (QED) is 0.602. The first kappa shape index (κ1) is 20.9. The van der Waals surface area contributed by atoms with E-state index in [9.17, 15) is 4.79 Å². The molecular formula is C24H21BCl2N4O. The average molecular weight is 463 g/mol. The Hall–Kier alpha value is -2.96. The van der Waals surface area contributed by atoms with Crippen LogP contribution in [0.5, 0.6) is 0 Å². The van der Waals surface area contributed by atoms with Crippen molar-refractivity contribution in [3.8, 4) is 0 Å². The number of benzene rings is 3. The smallest absolute Gasteiger partial charge is 0.285 e. The number of hydrogen-bond donors (Lipinski definition) is 1. The summed E-state index contributed by atoms with van der Waals surface area (Å²) < 4.78 is 0. The number of halogens is 2. The summed E-state index contributed by atoms with van der Waals surface area (Å²) in [6.07, 6.45) is 1.38. The van der Waals surface area contributed by atoms with Crippen LogP contribution in [-0.2, 0) is 11.2 Å². The number of carbonyl (C=O) groups is 1. The Kier molecular flexibility index (Phi) is 5.58. The van der Waals surface area contributed by atoms with Gasteiger partial charge >= 0.3 is 0 Å². The molecule has 0 aromatic heterocycles. The van der Waals surface area contributed by atoms with E-state index in [1.54, 1.807) is 12.1 Å². The molecule has 0 saturated carbocycles. The summed E-state index contributed by atoms with van der Waals surface area (Å²) >= 11 is 12.6.